The van der Waals surface area contributed by atoms with E-state index < -0.39 is 11.0 Å². The van der Waals surface area contributed by atoms with Gasteiger partial charge in [-0.15, -0.1) is 0 Å². The van der Waals surface area contributed by atoms with Crippen molar-refractivity contribution < 1.29 is 15.0 Å². The molecule has 1 amide bonds. The lowest BCUT2D eigenvalue weighted by molar-refractivity contribution is -0.123. The van der Waals surface area contributed by atoms with Crippen LogP contribution in [0.1, 0.15) is 40.7 Å². The molecular formula is C23H26N2O3. The molecule has 0 spiro atoms. The number of hydrogen-bond donors (Lipinski definition) is 3. The van der Waals surface area contributed by atoms with Gasteiger partial charge in [-0.05, 0) is 74.7 Å². The summed E-state index contributed by atoms with van der Waals surface area (Å²) in [6.45, 7) is 0.904. The number of aromatic hydroxyl groups is 1. The third-order valence-electron chi connectivity index (χ3n) is 7.35. The normalized spacial score (nSPS) is 33.8. The van der Waals surface area contributed by atoms with Crippen LogP contribution in [0.4, 0.5) is 0 Å². The van der Waals surface area contributed by atoms with E-state index in [1.54, 1.807) is 6.07 Å². The molecule has 2 aliphatic carbocycles. The van der Waals surface area contributed by atoms with Gasteiger partial charge >= 0.3 is 0 Å². The van der Waals surface area contributed by atoms with Crippen LogP contribution in [0.5, 0.6) is 5.75 Å². The summed E-state index contributed by atoms with van der Waals surface area (Å²) < 4.78 is 0. The molecule has 1 saturated heterocycles. The first-order chi connectivity index (χ1) is 13.4. The molecule has 3 aliphatic rings. The Kier molecular flexibility index (Phi) is 3.83. The maximum absolute atomic E-state index is 12.7. The van der Waals surface area contributed by atoms with Gasteiger partial charge in [0.05, 0.1) is 5.60 Å². The zero-order valence-corrected chi connectivity index (χ0v) is 16.1. The van der Waals surface area contributed by atoms with Crippen LogP contribution in [0.2, 0.25) is 0 Å². The van der Waals surface area contributed by atoms with Crippen LogP contribution in [0.25, 0.3) is 0 Å². The summed E-state index contributed by atoms with van der Waals surface area (Å²) in [5.41, 5.74) is 1.57. The number of carbonyl (C=O) groups excluding carboxylic acids is 1. The van der Waals surface area contributed by atoms with E-state index in [9.17, 15) is 15.0 Å². The number of nitrogens with one attached hydrogen (secondary N) is 1. The molecule has 3 N–H and O–H groups in total. The highest BCUT2D eigenvalue weighted by atomic mass is 16.3. The standard InChI is InChI=1S/C23H26N2O3/c1-25-10-9-22-13-17(24-21(27)15-5-3-2-4-6-15)14-23(22,28)20(25)11-16-7-8-18(26)12-19(16)22/h2-8,12,17,20,26,28H,9-11,13-14H2,1H3,(H,24,27)/t17-,20-,22-,23-/m1/s1. The van der Waals surface area contributed by atoms with Gasteiger partial charge in [-0.1, -0.05) is 24.3 Å². The molecule has 5 rings (SSSR count). The van der Waals surface area contributed by atoms with Gasteiger partial charge in [0.2, 0.25) is 0 Å². The van der Waals surface area contributed by atoms with Gasteiger partial charge in [-0.25, -0.2) is 0 Å². The van der Waals surface area contributed by atoms with E-state index in [2.05, 4.69) is 17.3 Å². The summed E-state index contributed by atoms with van der Waals surface area (Å²) in [5, 5.41) is 25.3. The summed E-state index contributed by atoms with van der Waals surface area (Å²) in [7, 11) is 2.08. The summed E-state index contributed by atoms with van der Waals surface area (Å²) in [6.07, 6.45) is 2.83. The Morgan fingerprint density at radius 1 is 1.18 bits per heavy atom. The molecule has 0 aromatic heterocycles. The second-order valence-corrected chi connectivity index (χ2v) is 8.74. The number of aliphatic hydroxyl groups is 1. The van der Waals surface area contributed by atoms with Crippen molar-refractivity contribution in [1.29, 1.82) is 0 Å². The number of likely N-dealkylation sites (N-methyl/N-ethyl adjacent to an activating group) is 1. The lowest BCUT2D eigenvalue weighted by Crippen LogP contribution is -2.68. The molecule has 5 heteroatoms. The smallest absolute Gasteiger partial charge is 0.251 e. The van der Waals surface area contributed by atoms with Gasteiger partial charge in [0.1, 0.15) is 5.75 Å². The van der Waals surface area contributed by atoms with Crippen molar-refractivity contribution in [2.24, 2.45) is 0 Å². The molecule has 146 valence electrons. The first-order valence-electron chi connectivity index (χ1n) is 10.0. The van der Waals surface area contributed by atoms with Gasteiger partial charge in [-0.2, -0.15) is 0 Å². The summed E-state index contributed by atoms with van der Waals surface area (Å²) in [5.74, 6) is 0.146. The molecule has 4 atom stereocenters. The monoisotopic (exact) mass is 378 g/mol. The highest BCUT2D eigenvalue weighted by Crippen LogP contribution is 2.59. The zero-order valence-electron chi connectivity index (χ0n) is 16.1. The molecule has 0 unspecified atom stereocenters. The SMILES string of the molecule is CN1CC[C@]23C[C@@H](NC(=O)c4ccccc4)C[C@@]2(O)[C@H]1Cc1ccc(O)cc13. The number of fused-ring (bicyclic) bond motifs is 1. The molecule has 1 heterocycles. The highest BCUT2D eigenvalue weighted by molar-refractivity contribution is 5.94. The number of rotatable bonds is 2. The van der Waals surface area contributed by atoms with E-state index in [1.807, 2.05) is 42.5 Å². The molecule has 1 aliphatic heterocycles. The number of hydrogen-bond acceptors (Lipinski definition) is 4. The fraction of sp³-hybridized carbons (Fsp3) is 0.435. The predicted molar refractivity (Wildman–Crippen MR) is 106 cm³/mol. The number of phenolic OH excluding ortho intramolecular Hbond substituents is 1. The molecule has 2 bridgehead atoms. The summed E-state index contributed by atoms with van der Waals surface area (Å²) in [6, 6.07) is 14.7. The number of nitrogens with zero attached hydrogens (tertiary/aromatic N) is 1. The molecule has 1 saturated carbocycles. The maximum atomic E-state index is 12.7. The fourth-order valence-corrected chi connectivity index (χ4v) is 6.06. The minimum atomic E-state index is -0.907. The van der Waals surface area contributed by atoms with Crippen molar-refractivity contribution in [2.45, 2.75) is 48.8 Å². The summed E-state index contributed by atoms with van der Waals surface area (Å²) >= 11 is 0. The van der Waals surface area contributed by atoms with Crippen molar-refractivity contribution in [3.63, 3.8) is 0 Å². The van der Waals surface area contributed by atoms with Crippen LogP contribution in [0, 0.1) is 0 Å². The van der Waals surface area contributed by atoms with E-state index in [4.69, 9.17) is 0 Å². The average molecular weight is 378 g/mol. The van der Waals surface area contributed by atoms with Crippen LogP contribution in [-0.4, -0.2) is 52.3 Å². The average Bonchev–Trinajstić information content (AvgIpc) is 2.99. The van der Waals surface area contributed by atoms with E-state index in [-0.39, 0.29) is 23.7 Å². The Labute approximate surface area is 165 Å². The van der Waals surface area contributed by atoms with Gasteiger partial charge < -0.3 is 20.4 Å². The largest absolute Gasteiger partial charge is 0.508 e. The van der Waals surface area contributed by atoms with Crippen LogP contribution in [-0.2, 0) is 11.8 Å². The third kappa shape index (κ3) is 2.36. The summed E-state index contributed by atoms with van der Waals surface area (Å²) in [4.78, 5) is 15.0. The van der Waals surface area contributed by atoms with E-state index in [0.717, 1.165) is 24.9 Å². The Morgan fingerprint density at radius 2 is 1.96 bits per heavy atom. The third-order valence-corrected chi connectivity index (χ3v) is 7.35. The first kappa shape index (κ1) is 17.7. The van der Waals surface area contributed by atoms with Crippen LogP contribution in [0.3, 0.4) is 0 Å². The van der Waals surface area contributed by atoms with Gasteiger partial charge in [-0.3, -0.25) is 4.79 Å². The Morgan fingerprint density at radius 3 is 2.75 bits per heavy atom. The number of phenols is 1. The van der Waals surface area contributed by atoms with E-state index in [0.29, 0.717) is 18.4 Å². The second kappa shape index (κ2) is 6.06. The van der Waals surface area contributed by atoms with E-state index in [1.165, 1.54) is 5.56 Å². The van der Waals surface area contributed by atoms with Crippen LogP contribution < -0.4 is 5.32 Å². The van der Waals surface area contributed by atoms with Crippen molar-refractivity contribution >= 4 is 5.91 Å². The van der Waals surface area contributed by atoms with Crippen molar-refractivity contribution in [3.8, 4) is 5.75 Å². The number of likely N-dealkylation sites (tertiary alicyclic amines) is 1. The topological polar surface area (TPSA) is 72.8 Å². The number of benzene rings is 2. The van der Waals surface area contributed by atoms with Crippen molar-refractivity contribution in [3.05, 3.63) is 65.2 Å². The van der Waals surface area contributed by atoms with Crippen LogP contribution in [0.15, 0.2) is 48.5 Å². The lowest BCUT2D eigenvalue weighted by Gasteiger charge is -2.58. The highest BCUT2D eigenvalue weighted by Gasteiger charge is 2.66. The minimum absolute atomic E-state index is 0.0249. The Hall–Kier alpha value is -2.37. The molecule has 28 heavy (non-hydrogen) atoms. The minimum Gasteiger partial charge on any atom is -0.508 e. The second-order valence-electron chi connectivity index (χ2n) is 8.74. The van der Waals surface area contributed by atoms with Crippen molar-refractivity contribution in [2.75, 3.05) is 13.6 Å². The lowest BCUT2D eigenvalue weighted by atomic mass is 9.56. The van der Waals surface area contributed by atoms with Crippen LogP contribution >= 0.6 is 0 Å². The van der Waals surface area contributed by atoms with Crippen molar-refractivity contribution in [1.82, 2.24) is 10.2 Å². The van der Waals surface area contributed by atoms with E-state index >= 15 is 0 Å². The number of piperidine rings is 1. The predicted octanol–water partition coefficient (Wildman–Crippen LogP) is 2.21. The molecule has 2 fully saturated rings. The Bertz CT molecular complexity index is 931. The van der Waals surface area contributed by atoms with Gasteiger partial charge in [0.25, 0.3) is 5.91 Å². The number of amides is 1. The van der Waals surface area contributed by atoms with Gasteiger partial charge in [0, 0.05) is 23.1 Å². The first-order valence-corrected chi connectivity index (χ1v) is 10.0. The maximum Gasteiger partial charge on any atom is 0.251 e. The molecule has 0 radical (unpaired) electrons. The van der Waals surface area contributed by atoms with Gasteiger partial charge in [0.15, 0.2) is 0 Å². The zero-order chi connectivity index (χ0) is 19.5. The fourth-order valence-electron chi connectivity index (χ4n) is 6.06. The quantitative estimate of drug-likeness (QED) is 0.749. The molecule has 5 nitrogen and oxygen atoms in total. The number of carbonyl (C=O) groups is 1. The molecule has 2 aromatic carbocycles. The molecular weight excluding hydrogens is 352 g/mol. The Balaban J connectivity index is 1.53. The molecule has 2 aromatic rings.